The fourth-order valence-electron chi connectivity index (χ4n) is 3.48. The van der Waals surface area contributed by atoms with E-state index in [2.05, 4.69) is 21.3 Å². The van der Waals surface area contributed by atoms with Crippen molar-refractivity contribution in [1.82, 2.24) is 20.1 Å². The number of hydrogen-bond donors (Lipinski definition) is 1. The second-order valence-corrected chi connectivity index (χ2v) is 8.54. The Kier molecular flexibility index (Phi) is 4.88. The van der Waals surface area contributed by atoms with Crippen LogP contribution in [0.2, 0.25) is 0 Å². The SMILES string of the molecule is CN(Cc1cncc2cn[nH]c12)C(=O)c1ccc(-c2csc(C#N)c2)c(OC2CC2)c1. The number of nitrogens with zero attached hydrogens (tertiary/aromatic N) is 4. The van der Waals surface area contributed by atoms with Gasteiger partial charge in [0.1, 0.15) is 16.7 Å². The first kappa shape index (κ1) is 19.3. The van der Waals surface area contributed by atoms with Gasteiger partial charge in [0.15, 0.2) is 0 Å². The molecule has 1 saturated carbocycles. The molecule has 4 aromatic rings. The summed E-state index contributed by atoms with van der Waals surface area (Å²) in [5.74, 6) is 0.577. The van der Waals surface area contributed by atoms with Crippen LogP contribution in [-0.4, -0.2) is 39.1 Å². The molecular weight excluding hydrogens is 410 g/mol. The number of nitrogens with one attached hydrogen (secondary N) is 1. The van der Waals surface area contributed by atoms with Gasteiger partial charge in [-0.3, -0.25) is 14.9 Å². The molecule has 154 valence electrons. The number of nitriles is 1. The summed E-state index contributed by atoms with van der Waals surface area (Å²) in [5, 5.41) is 19.0. The maximum absolute atomic E-state index is 13.2. The fourth-order valence-corrected chi connectivity index (χ4v) is 4.18. The summed E-state index contributed by atoms with van der Waals surface area (Å²) < 4.78 is 6.12. The molecule has 8 heteroatoms. The van der Waals surface area contributed by atoms with Crippen LogP contribution in [0.25, 0.3) is 22.0 Å². The molecule has 0 aliphatic heterocycles. The summed E-state index contributed by atoms with van der Waals surface area (Å²) in [6.07, 6.45) is 7.44. The maximum Gasteiger partial charge on any atom is 0.254 e. The van der Waals surface area contributed by atoms with Crippen LogP contribution in [0, 0.1) is 11.3 Å². The van der Waals surface area contributed by atoms with Gasteiger partial charge >= 0.3 is 0 Å². The van der Waals surface area contributed by atoms with Crippen molar-refractivity contribution in [3.05, 3.63) is 64.2 Å². The van der Waals surface area contributed by atoms with Gasteiger partial charge in [0.25, 0.3) is 5.91 Å². The molecule has 1 aliphatic carbocycles. The van der Waals surface area contributed by atoms with Crippen LogP contribution in [0.1, 0.15) is 33.6 Å². The Labute approximate surface area is 182 Å². The number of carbonyl (C=O) groups excluding carboxylic acids is 1. The zero-order valence-electron chi connectivity index (χ0n) is 16.8. The lowest BCUT2D eigenvalue weighted by molar-refractivity contribution is 0.0785. The van der Waals surface area contributed by atoms with E-state index < -0.39 is 0 Å². The molecule has 0 bridgehead atoms. The van der Waals surface area contributed by atoms with Gasteiger partial charge in [-0.15, -0.1) is 11.3 Å². The molecule has 3 aromatic heterocycles. The Morgan fingerprint density at radius 2 is 2.19 bits per heavy atom. The van der Waals surface area contributed by atoms with Crippen molar-refractivity contribution in [3.63, 3.8) is 0 Å². The molecule has 1 N–H and O–H groups in total. The van der Waals surface area contributed by atoms with Crippen molar-refractivity contribution in [1.29, 1.82) is 5.26 Å². The number of ether oxygens (including phenoxy) is 1. The van der Waals surface area contributed by atoms with E-state index in [-0.39, 0.29) is 12.0 Å². The van der Waals surface area contributed by atoms with E-state index in [1.54, 1.807) is 30.5 Å². The highest BCUT2D eigenvalue weighted by molar-refractivity contribution is 7.10. The van der Waals surface area contributed by atoms with Crippen molar-refractivity contribution in [2.75, 3.05) is 7.05 Å². The van der Waals surface area contributed by atoms with E-state index in [1.165, 1.54) is 11.3 Å². The molecule has 5 rings (SSSR count). The van der Waals surface area contributed by atoms with E-state index in [0.717, 1.165) is 40.4 Å². The highest BCUT2D eigenvalue weighted by Gasteiger charge is 2.26. The number of thiophene rings is 1. The minimum absolute atomic E-state index is 0.105. The first-order valence-corrected chi connectivity index (χ1v) is 10.8. The minimum Gasteiger partial charge on any atom is -0.490 e. The third-order valence-electron chi connectivity index (χ3n) is 5.26. The van der Waals surface area contributed by atoms with Gasteiger partial charge in [-0.25, -0.2) is 0 Å². The quantitative estimate of drug-likeness (QED) is 0.491. The van der Waals surface area contributed by atoms with Crippen LogP contribution in [0.5, 0.6) is 5.75 Å². The smallest absolute Gasteiger partial charge is 0.254 e. The molecule has 1 aromatic carbocycles. The lowest BCUT2D eigenvalue weighted by atomic mass is 10.0. The van der Waals surface area contributed by atoms with E-state index in [4.69, 9.17) is 10.00 Å². The maximum atomic E-state index is 13.2. The van der Waals surface area contributed by atoms with E-state index in [9.17, 15) is 4.79 Å². The van der Waals surface area contributed by atoms with Crippen LogP contribution in [0.3, 0.4) is 0 Å². The van der Waals surface area contributed by atoms with Crippen LogP contribution in [0.15, 0.2) is 48.2 Å². The predicted molar refractivity (Wildman–Crippen MR) is 118 cm³/mol. The Morgan fingerprint density at radius 1 is 1.32 bits per heavy atom. The number of hydrogen-bond acceptors (Lipinski definition) is 6. The first-order chi connectivity index (χ1) is 15.1. The van der Waals surface area contributed by atoms with Crippen LogP contribution < -0.4 is 4.74 Å². The van der Waals surface area contributed by atoms with Crippen molar-refractivity contribution >= 4 is 28.1 Å². The van der Waals surface area contributed by atoms with E-state index in [0.29, 0.717) is 22.7 Å². The summed E-state index contributed by atoms with van der Waals surface area (Å²) >= 11 is 1.40. The monoisotopic (exact) mass is 429 g/mol. The van der Waals surface area contributed by atoms with Gasteiger partial charge in [0.2, 0.25) is 0 Å². The molecule has 1 aliphatic rings. The number of aromatic amines is 1. The molecule has 1 amide bonds. The Morgan fingerprint density at radius 3 is 2.97 bits per heavy atom. The first-order valence-electron chi connectivity index (χ1n) is 9.93. The Balaban J connectivity index is 1.42. The summed E-state index contributed by atoms with van der Waals surface area (Å²) in [6, 6.07) is 9.55. The average Bonchev–Trinajstić information content (AvgIpc) is 3.27. The Bertz CT molecular complexity index is 1320. The van der Waals surface area contributed by atoms with Crippen LogP contribution >= 0.6 is 11.3 Å². The standard InChI is InChI=1S/C23H19N5O2S/c1-28(12-17-10-25-9-16-11-26-27-22(16)17)23(29)14-2-5-20(15-6-19(8-24)31-13-15)21(7-14)30-18-3-4-18/h2,5-7,9-11,13,18H,3-4,12H2,1H3,(H,26,27). The predicted octanol–water partition coefficient (Wildman–Crippen LogP) is 4.37. The third-order valence-corrected chi connectivity index (χ3v) is 6.09. The van der Waals surface area contributed by atoms with Crippen LogP contribution in [-0.2, 0) is 6.54 Å². The van der Waals surface area contributed by atoms with Gasteiger partial charge in [0, 0.05) is 53.4 Å². The number of amides is 1. The topological polar surface area (TPSA) is 94.9 Å². The fraction of sp³-hybridized carbons (Fsp3) is 0.217. The minimum atomic E-state index is -0.105. The lowest BCUT2D eigenvalue weighted by Crippen LogP contribution is -2.26. The number of pyridine rings is 1. The second kappa shape index (κ2) is 7.85. The molecule has 0 spiro atoms. The van der Waals surface area contributed by atoms with Crippen molar-refractivity contribution in [2.45, 2.75) is 25.5 Å². The zero-order chi connectivity index (χ0) is 21.4. The molecule has 31 heavy (non-hydrogen) atoms. The average molecular weight is 430 g/mol. The summed E-state index contributed by atoms with van der Waals surface area (Å²) in [5.41, 5.74) is 4.17. The van der Waals surface area contributed by atoms with Gasteiger partial charge in [0.05, 0.1) is 17.8 Å². The van der Waals surface area contributed by atoms with Crippen molar-refractivity contribution in [3.8, 4) is 22.9 Å². The molecule has 7 nitrogen and oxygen atoms in total. The summed E-state index contributed by atoms with van der Waals surface area (Å²) in [7, 11) is 1.77. The molecule has 0 radical (unpaired) electrons. The van der Waals surface area contributed by atoms with Gasteiger partial charge < -0.3 is 9.64 Å². The molecule has 3 heterocycles. The van der Waals surface area contributed by atoms with E-state index >= 15 is 0 Å². The number of fused-ring (bicyclic) bond motifs is 1. The molecule has 0 atom stereocenters. The second-order valence-electron chi connectivity index (χ2n) is 7.63. The Hall–Kier alpha value is -3.70. The largest absolute Gasteiger partial charge is 0.490 e. The number of aromatic nitrogens is 3. The highest BCUT2D eigenvalue weighted by Crippen LogP contribution is 2.37. The number of benzene rings is 1. The number of carbonyl (C=O) groups is 1. The summed E-state index contributed by atoms with van der Waals surface area (Å²) in [6.45, 7) is 0.405. The number of H-pyrrole nitrogens is 1. The molecule has 0 unspecified atom stereocenters. The normalized spacial score (nSPS) is 13.2. The third kappa shape index (κ3) is 3.88. The van der Waals surface area contributed by atoms with Gasteiger partial charge in [-0.05, 0) is 42.7 Å². The van der Waals surface area contributed by atoms with Gasteiger partial charge in [-0.2, -0.15) is 10.4 Å². The molecule has 1 fully saturated rings. The molecular formula is C23H19N5O2S. The lowest BCUT2D eigenvalue weighted by Gasteiger charge is -2.19. The molecule has 0 saturated heterocycles. The summed E-state index contributed by atoms with van der Waals surface area (Å²) in [4.78, 5) is 19.7. The van der Waals surface area contributed by atoms with E-state index in [1.807, 2.05) is 29.6 Å². The van der Waals surface area contributed by atoms with Crippen molar-refractivity contribution < 1.29 is 9.53 Å². The van der Waals surface area contributed by atoms with Crippen molar-refractivity contribution in [2.24, 2.45) is 0 Å². The zero-order valence-corrected chi connectivity index (χ0v) is 17.6. The highest BCUT2D eigenvalue weighted by atomic mass is 32.1. The van der Waals surface area contributed by atoms with Gasteiger partial charge in [-0.1, -0.05) is 0 Å². The number of rotatable bonds is 6. The van der Waals surface area contributed by atoms with Crippen LogP contribution in [0.4, 0.5) is 0 Å².